The summed E-state index contributed by atoms with van der Waals surface area (Å²) in [6.07, 6.45) is 3.75. The number of aryl methyl sites for hydroxylation is 1. The Kier molecular flexibility index (Phi) is 3.45. The van der Waals surface area contributed by atoms with Crippen molar-refractivity contribution in [2.75, 3.05) is 0 Å². The summed E-state index contributed by atoms with van der Waals surface area (Å²) in [6.45, 7) is 0. The minimum atomic E-state index is -0.296. The van der Waals surface area contributed by atoms with E-state index in [9.17, 15) is 4.39 Å². The maximum Gasteiger partial charge on any atom is 0.126 e. The van der Waals surface area contributed by atoms with Crippen LogP contribution in [0, 0.1) is 5.82 Å². The van der Waals surface area contributed by atoms with Gasteiger partial charge in [-0.2, -0.15) is 0 Å². The van der Waals surface area contributed by atoms with Crippen molar-refractivity contribution in [1.29, 1.82) is 0 Å². The number of hydrogen-bond acceptors (Lipinski definition) is 2. The molecule has 2 rings (SSSR count). The predicted octanol–water partition coefficient (Wildman–Crippen LogP) is 2.46. The number of rotatable bonds is 3. The van der Waals surface area contributed by atoms with Gasteiger partial charge < -0.3 is 10.3 Å². The zero-order valence-electron chi connectivity index (χ0n) is 9.40. The van der Waals surface area contributed by atoms with Gasteiger partial charge >= 0.3 is 0 Å². The van der Waals surface area contributed by atoms with Crippen LogP contribution in [-0.4, -0.2) is 9.55 Å². The van der Waals surface area contributed by atoms with E-state index >= 15 is 0 Å². The van der Waals surface area contributed by atoms with Crippen LogP contribution in [0.3, 0.4) is 0 Å². The summed E-state index contributed by atoms with van der Waals surface area (Å²) < 4.78 is 15.4. The number of imidazole rings is 1. The van der Waals surface area contributed by atoms with Gasteiger partial charge in [0.2, 0.25) is 0 Å². The Bertz CT molecular complexity index is 524. The molecule has 0 aliphatic carbocycles. The standard InChI is InChI=1S/C12H13ClFN3/c1-17-7-16-6-12(17)11(15)5-8-4-9(13)2-3-10(8)14/h2-4,6-7,11H,5,15H2,1H3. The first-order chi connectivity index (χ1) is 8.08. The fraction of sp³-hybridized carbons (Fsp3) is 0.250. The first-order valence-corrected chi connectivity index (χ1v) is 5.61. The van der Waals surface area contributed by atoms with Crippen molar-refractivity contribution in [1.82, 2.24) is 9.55 Å². The molecule has 1 unspecified atom stereocenters. The van der Waals surface area contributed by atoms with Crippen molar-refractivity contribution in [3.63, 3.8) is 0 Å². The zero-order chi connectivity index (χ0) is 12.4. The Morgan fingerprint density at radius 3 is 2.94 bits per heavy atom. The molecule has 0 fully saturated rings. The van der Waals surface area contributed by atoms with Gasteiger partial charge in [-0.3, -0.25) is 0 Å². The van der Waals surface area contributed by atoms with E-state index in [1.165, 1.54) is 12.1 Å². The van der Waals surface area contributed by atoms with Gasteiger partial charge in [0.05, 0.1) is 18.1 Å². The average molecular weight is 254 g/mol. The number of halogens is 2. The van der Waals surface area contributed by atoms with Crippen LogP contribution in [0.25, 0.3) is 0 Å². The molecule has 90 valence electrons. The van der Waals surface area contributed by atoms with E-state index in [4.69, 9.17) is 17.3 Å². The molecule has 2 N–H and O–H groups in total. The minimum Gasteiger partial charge on any atom is -0.336 e. The topological polar surface area (TPSA) is 43.8 Å². The first-order valence-electron chi connectivity index (χ1n) is 5.23. The van der Waals surface area contributed by atoms with Gasteiger partial charge in [0, 0.05) is 18.3 Å². The predicted molar refractivity (Wildman–Crippen MR) is 65.3 cm³/mol. The van der Waals surface area contributed by atoms with Crippen molar-refractivity contribution in [3.05, 3.63) is 52.8 Å². The van der Waals surface area contributed by atoms with E-state index in [1.54, 1.807) is 18.6 Å². The summed E-state index contributed by atoms with van der Waals surface area (Å²) in [7, 11) is 1.86. The molecule has 0 radical (unpaired) electrons. The fourth-order valence-corrected chi connectivity index (χ4v) is 1.96. The lowest BCUT2D eigenvalue weighted by atomic mass is 10.0. The molecule has 0 saturated heterocycles. The van der Waals surface area contributed by atoms with E-state index in [-0.39, 0.29) is 11.9 Å². The zero-order valence-corrected chi connectivity index (χ0v) is 10.2. The highest BCUT2D eigenvalue weighted by Gasteiger charge is 2.13. The maximum atomic E-state index is 13.5. The lowest BCUT2D eigenvalue weighted by Gasteiger charge is -2.13. The molecule has 2 aromatic rings. The molecular formula is C12H13ClFN3. The molecule has 0 bridgehead atoms. The number of aromatic nitrogens is 2. The quantitative estimate of drug-likeness (QED) is 0.913. The third-order valence-electron chi connectivity index (χ3n) is 2.68. The highest BCUT2D eigenvalue weighted by atomic mass is 35.5. The fourth-order valence-electron chi connectivity index (χ4n) is 1.77. The highest BCUT2D eigenvalue weighted by Crippen LogP contribution is 2.20. The molecule has 5 heteroatoms. The molecule has 1 heterocycles. The molecule has 1 aromatic carbocycles. The molecule has 3 nitrogen and oxygen atoms in total. The van der Waals surface area contributed by atoms with E-state index < -0.39 is 0 Å². The van der Waals surface area contributed by atoms with Crippen LogP contribution in [0.2, 0.25) is 5.02 Å². The van der Waals surface area contributed by atoms with Gasteiger partial charge in [-0.1, -0.05) is 11.6 Å². The Morgan fingerprint density at radius 1 is 1.53 bits per heavy atom. The van der Waals surface area contributed by atoms with Gasteiger partial charge in [0.25, 0.3) is 0 Å². The third kappa shape index (κ3) is 2.65. The second-order valence-corrected chi connectivity index (χ2v) is 4.41. The monoisotopic (exact) mass is 253 g/mol. The molecule has 17 heavy (non-hydrogen) atoms. The Balaban J connectivity index is 2.21. The van der Waals surface area contributed by atoms with Crippen LogP contribution in [0.1, 0.15) is 17.3 Å². The van der Waals surface area contributed by atoms with Gasteiger partial charge in [-0.25, -0.2) is 9.37 Å². The molecule has 1 aromatic heterocycles. The van der Waals surface area contributed by atoms with Gasteiger partial charge in [0.1, 0.15) is 5.82 Å². The number of nitrogens with two attached hydrogens (primary N) is 1. The molecule has 0 saturated carbocycles. The van der Waals surface area contributed by atoms with Crippen LogP contribution < -0.4 is 5.73 Å². The normalized spacial score (nSPS) is 12.7. The van der Waals surface area contributed by atoms with E-state index in [2.05, 4.69) is 4.98 Å². The van der Waals surface area contributed by atoms with E-state index in [0.29, 0.717) is 17.0 Å². The van der Waals surface area contributed by atoms with Gasteiger partial charge in [-0.15, -0.1) is 0 Å². The van der Waals surface area contributed by atoms with Crippen molar-refractivity contribution < 1.29 is 4.39 Å². The Morgan fingerprint density at radius 2 is 2.29 bits per heavy atom. The van der Waals surface area contributed by atoms with Crippen LogP contribution in [0.5, 0.6) is 0 Å². The molecule has 0 aliphatic rings. The smallest absolute Gasteiger partial charge is 0.126 e. The summed E-state index contributed by atoms with van der Waals surface area (Å²) in [5, 5.41) is 0.513. The number of hydrogen-bond donors (Lipinski definition) is 1. The SMILES string of the molecule is Cn1cncc1C(N)Cc1cc(Cl)ccc1F. The Hall–Kier alpha value is -1.39. The number of benzene rings is 1. The second kappa shape index (κ2) is 4.85. The molecule has 0 spiro atoms. The van der Waals surface area contributed by atoms with E-state index in [1.807, 2.05) is 11.6 Å². The number of nitrogens with zero attached hydrogens (tertiary/aromatic N) is 2. The van der Waals surface area contributed by atoms with Crippen molar-refractivity contribution in [2.45, 2.75) is 12.5 Å². The van der Waals surface area contributed by atoms with Gasteiger partial charge in [-0.05, 0) is 30.2 Å². The van der Waals surface area contributed by atoms with Crippen LogP contribution in [0.4, 0.5) is 4.39 Å². The molecule has 0 aliphatic heterocycles. The summed E-state index contributed by atoms with van der Waals surface area (Å²) in [4.78, 5) is 3.99. The second-order valence-electron chi connectivity index (χ2n) is 3.98. The largest absolute Gasteiger partial charge is 0.336 e. The summed E-state index contributed by atoms with van der Waals surface area (Å²) >= 11 is 5.83. The van der Waals surface area contributed by atoms with E-state index in [0.717, 1.165) is 5.69 Å². The summed E-state index contributed by atoms with van der Waals surface area (Å²) in [5.41, 5.74) is 7.41. The molecule has 0 amide bonds. The van der Waals surface area contributed by atoms with Gasteiger partial charge in [0.15, 0.2) is 0 Å². The first kappa shape index (κ1) is 12.1. The molecule has 1 atom stereocenters. The average Bonchev–Trinajstić information content (AvgIpc) is 2.70. The highest BCUT2D eigenvalue weighted by molar-refractivity contribution is 6.30. The van der Waals surface area contributed by atoms with Crippen LogP contribution in [-0.2, 0) is 13.5 Å². The minimum absolute atomic E-state index is 0.285. The maximum absolute atomic E-state index is 13.5. The third-order valence-corrected chi connectivity index (χ3v) is 2.92. The Labute approximate surface area is 104 Å². The van der Waals surface area contributed by atoms with Crippen molar-refractivity contribution in [2.24, 2.45) is 12.8 Å². The van der Waals surface area contributed by atoms with Crippen molar-refractivity contribution >= 4 is 11.6 Å². The lowest BCUT2D eigenvalue weighted by molar-refractivity contribution is 0.583. The van der Waals surface area contributed by atoms with Crippen LogP contribution >= 0.6 is 11.6 Å². The summed E-state index contributed by atoms with van der Waals surface area (Å²) in [5.74, 6) is -0.285. The lowest BCUT2D eigenvalue weighted by Crippen LogP contribution is -2.17. The summed E-state index contributed by atoms with van der Waals surface area (Å²) in [6, 6.07) is 4.19. The molecular weight excluding hydrogens is 241 g/mol. The van der Waals surface area contributed by atoms with Crippen molar-refractivity contribution in [3.8, 4) is 0 Å². The van der Waals surface area contributed by atoms with Crippen LogP contribution in [0.15, 0.2) is 30.7 Å².